The second kappa shape index (κ2) is 4.85. The summed E-state index contributed by atoms with van der Waals surface area (Å²) in [6.45, 7) is 4.08. The average molecular weight is 264 g/mol. The Balaban J connectivity index is 2.02. The molecule has 0 aliphatic rings. The fraction of sp³-hybridized carbons (Fsp3) is 0.118. The molecule has 2 aromatic carbocycles. The van der Waals surface area contributed by atoms with Crippen molar-refractivity contribution in [2.45, 2.75) is 13.8 Å². The van der Waals surface area contributed by atoms with Crippen molar-refractivity contribution < 1.29 is 5.11 Å². The molecule has 0 bridgehead atoms. The van der Waals surface area contributed by atoms with Gasteiger partial charge in [-0.2, -0.15) is 5.10 Å². The Bertz CT molecular complexity index is 725. The van der Waals surface area contributed by atoms with Gasteiger partial charge in [-0.3, -0.25) is 0 Å². The lowest BCUT2D eigenvalue weighted by atomic mass is 10.1. The second-order valence-electron chi connectivity index (χ2n) is 5.00. The third-order valence-corrected chi connectivity index (χ3v) is 3.32. The van der Waals surface area contributed by atoms with E-state index in [0.29, 0.717) is 0 Å². The van der Waals surface area contributed by atoms with Crippen LogP contribution in [0.25, 0.3) is 16.9 Å². The molecule has 0 saturated heterocycles. The lowest BCUT2D eigenvalue weighted by molar-refractivity contribution is 0.433. The van der Waals surface area contributed by atoms with Gasteiger partial charge in [0.15, 0.2) is 0 Å². The molecular weight excluding hydrogens is 248 g/mol. The van der Waals surface area contributed by atoms with Gasteiger partial charge in [0.25, 0.3) is 0 Å². The van der Waals surface area contributed by atoms with Crippen LogP contribution in [0.3, 0.4) is 0 Å². The zero-order valence-corrected chi connectivity index (χ0v) is 11.5. The molecule has 0 fully saturated rings. The van der Waals surface area contributed by atoms with Crippen LogP contribution < -0.4 is 0 Å². The highest BCUT2D eigenvalue weighted by atomic mass is 16.3. The summed E-state index contributed by atoms with van der Waals surface area (Å²) in [6.07, 6.45) is 0. The first-order valence-corrected chi connectivity index (χ1v) is 6.56. The SMILES string of the molecule is Cc1ccc(-c2cc(O)n(-c3ccc(C)cc3)n2)cc1. The molecule has 1 heterocycles. The molecule has 0 atom stereocenters. The summed E-state index contributed by atoms with van der Waals surface area (Å²) in [6, 6.07) is 17.7. The molecule has 3 heteroatoms. The van der Waals surface area contributed by atoms with E-state index in [1.165, 1.54) is 11.1 Å². The minimum atomic E-state index is 0.143. The van der Waals surface area contributed by atoms with E-state index in [1.54, 1.807) is 10.7 Å². The van der Waals surface area contributed by atoms with Crippen LogP contribution in [-0.2, 0) is 0 Å². The molecule has 3 nitrogen and oxygen atoms in total. The van der Waals surface area contributed by atoms with Crippen molar-refractivity contribution in [1.82, 2.24) is 9.78 Å². The Morgan fingerprint density at radius 3 is 2.00 bits per heavy atom. The van der Waals surface area contributed by atoms with Crippen LogP contribution in [-0.4, -0.2) is 14.9 Å². The Morgan fingerprint density at radius 2 is 1.40 bits per heavy atom. The highest BCUT2D eigenvalue weighted by molar-refractivity contribution is 5.61. The molecule has 3 rings (SSSR count). The quantitative estimate of drug-likeness (QED) is 0.763. The van der Waals surface area contributed by atoms with Gasteiger partial charge in [0.05, 0.1) is 11.4 Å². The third kappa shape index (κ3) is 2.30. The Labute approximate surface area is 118 Å². The van der Waals surface area contributed by atoms with Crippen molar-refractivity contribution in [2.75, 3.05) is 0 Å². The number of hydrogen-bond acceptors (Lipinski definition) is 2. The molecule has 0 aliphatic carbocycles. The predicted molar refractivity (Wildman–Crippen MR) is 80.1 cm³/mol. The van der Waals surface area contributed by atoms with E-state index in [-0.39, 0.29) is 5.88 Å². The van der Waals surface area contributed by atoms with E-state index >= 15 is 0 Å². The molecule has 3 aromatic rings. The number of nitrogens with zero attached hydrogens (tertiary/aromatic N) is 2. The van der Waals surface area contributed by atoms with E-state index in [2.05, 4.69) is 5.10 Å². The number of aryl methyl sites for hydroxylation is 2. The zero-order chi connectivity index (χ0) is 14.1. The maximum absolute atomic E-state index is 10.1. The van der Waals surface area contributed by atoms with Crippen molar-refractivity contribution in [3.63, 3.8) is 0 Å². The highest BCUT2D eigenvalue weighted by Gasteiger charge is 2.09. The number of aromatic nitrogens is 2. The molecule has 0 unspecified atom stereocenters. The summed E-state index contributed by atoms with van der Waals surface area (Å²) in [4.78, 5) is 0. The first kappa shape index (κ1) is 12.5. The van der Waals surface area contributed by atoms with Crippen LogP contribution in [0.15, 0.2) is 54.6 Å². The lowest BCUT2D eigenvalue weighted by Crippen LogP contribution is -1.95. The first-order chi connectivity index (χ1) is 9.63. The summed E-state index contributed by atoms with van der Waals surface area (Å²) in [5, 5.41) is 14.5. The van der Waals surface area contributed by atoms with E-state index in [9.17, 15) is 5.11 Å². The number of benzene rings is 2. The fourth-order valence-corrected chi connectivity index (χ4v) is 2.11. The second-order valence-corrected chi connectivity index (χ2v) is 5.00. The van der Waals surface area contributed by atoms with E-state index in [1.807, 2.05) is 62.4 Å². The van der Waals surface area contributed by atoms with Crippen LogP contribution in [0.1, 0.15) is 11.1 Å². The van der Waals surface area contributed by atoms with Gasteiger partial charge in [0.1, 0.15) is 0 Å². The maximum Gasteiger partial charge on any atom is 0.214 e. The van der Waals surface area contributed by atoms with Crippen LogP contribution in [0.2, 0.25) is 0 Å². The number of rotatable bonds is 2. The maximum atomic E-state index is 10.1. The molecule has 0 amide bonds. The van der Waals surface area contributed by atoms with E-state index < -0.39 is 0 Å². The first-order valence-electron chi connectivity index (χ1n) is 6.56. The summed E-state index contributed by atoms with van der Waals surface area (Å²) >= 11 is 0. The largest absolute Gasteiger partial charge is 0.493 e. The van der Waals surface area contributed by atoms with Crippen LogP contribution in [0, 0.1) is 13.8 Å². The normalized spacial score (nSPS) is 10.7. The van der Waals surface area contributed by atoms with Crippen molar-refractivity contribution in [3.05, 3.63) is 65.7 Å². The number of aromatic hydroxyl groups is 1. The van der Waals surface area contributed by atoms with Crippen LogP contribution >= 0.6 is 0 Å². The van der Waals surface area contributed by atoms with Gasteiger partial charge >= 0.3 is 0 Å². The number of hydrogen-bond donors (Lipinski definition) is 1. The fourth-order valence-electron chi connectivity index (χ4n) is 2.11. The van der Waals surface area contributed by atoms with Gasteiger partial charge in [0, 0.05) is 11.6 Å². The Kier molecular flexibility index (Phi) is 3.03. The highest BCUT2D eigenvalue weighted by Crippen LogP contribution is 2.25. The predicted octanol–water partition coefficient (Wildman–Crippen LogP) is 3.86. The van der Waals surface area contributed by atoms with E-state index in [0.717, 1.165) is 16.9 Å². The van der Waals surface area contributed by atoms with Crippen molar-refractivity contribution in [1.29, 1.82) is 0 Å². The van der Waals surface area contributed by atoms with Crippen LogP contribution in [0.5, 0.6) is 5.88 Å². The van der Waals surface area contributed by atoms with Gasteiger partial charge in [0.2, 0.25) is 5.88 Å². The third-order valence-electron chi connectivity index (χ3n) is 3.32. The average Bonchev–Trinajstić information content (AvgIpc) is 2.82. The molecule has 0 saturated carbocycles. The van der Waals surface area contributed by atoms with Gasteiger partial charge in [-0.25, -0.2) is 4.68 Å². The van der Waals surface area contributed by atoms with Crippen LogP contribution in [0.4, 0.5) is 0 Å². The molecule has 100 valence electrons. The smallest absolute Gasteiger partial charge is 0.214 e. The summed E-state index contributed by atoms with van der Waals surface area (Å²) in [7, 11) is 0. The Hall–Kier alpha value is -2.55. The summed E-state index contributed by atoms with van der Waals surface area (Å²) < 4.78 is 1.55. The monoisotopic (exact) mass is 264 g/mol. The van der Waals surface area contributed by atoms with E-state index in [4.69, 9.17) is 0 Å². The van der Waals surface area contributed by atoms with Gasteiger partial charge in [-0.15, -0.1) is 0 Å². The molecule has 0 radical (unpaired) electrons. The minimum Gasteiger partial charge on any atom is -0.493 e. The van der Waals surface area contributed by atoms with Crippen molar-refractivity contribution in [3.8, 4) is 22.8 Å². The van der Waals surface area contributed by atoms with Gasteiger partial charge < -0.3 is 5.11 Å². The van der Waals surface area contributed by atoms with Gasteiger partial charge in [-0.1, -0.05) is 47.5 Å². The topological polar surface area (TPSA) is 38.0 Å². The molecule has 0 aliphatic heterocycles. The van der Waals surface area contributed by atoms with Crippen molar-refractivity contribution in [2.24, 2.45) is 0 Å². The van der Waals surface area contributed by atoms with Gasteiger partial charge in [-0.05, 0) is 26.0 Å². The molecule has 0 spiro atoms. The summed E-state index contributed by atoms with van der Waals surface area (Å²) in [5.74, 6) is 0.143. The minimum absolute atomic E-state index is 0.143. The standard InChI is InChI=1S/C17H16N2O/c1-12-3-7-14(8-4-12)16-11-17(20)19(18-16)15-9-5-13(2)6-10-15/h3-11,20H,1-2H3. The zero-order valence-electron chi connectivity index (χ0n) is 11.5. The lowest BCUT2D eigenvalue weighted by Gasteiger charge is -2.03. The summed E-state index contributed by atoms with van der Waals surface area (Å²) in [5.41, 5.74) is 5.00. The molecular formula is C17H16N2O. The molecule has 20 heavy (non-hydrogen) atoms. The Morgan fingerprint density at radius 1 is 0.850 bits per heavy atom. The van der Waals surface area contributed by atoms with Crippen molar-refractivity contribution >= 4 is 0 Å². The molecule has 1 N–H and O–H groups in total. The molecule has 1 aromatic heterocycles.